The van der Waals surface area contributed by atoms with E-state index in [1.165, 1.54) is 11.3 Å². The minimum atomic E-state index is -1.06. The summed E-state index contributed by atoms with van der Waals surface area (Å²) in [5.41, 5.74) is 5.89. The first-order chi connectivity index (χ1) is 7.68. The number of hydrogen-bond donors (Lipinski definition) is 2. The largest absolute Gasteiger partial charge is 0.480 e. The third kappa shape index (κ3) is 2.54. The molecule has 0 bridgehead atoms. The molecule has 0 aromatic carbocycles. The van der Waals surface area contributed by atoms with Crippen LogP contribution in [0.15, 0.2) is 5.38 Å². The fourth-order valence-corrected chi connectivity index (χ4v) is 3.20. The van der Waals surface area contributed by atoms with Crippen molar-refractivity contribution in [3.63, 3.8) is 0 Å². The summed E-state index contributed by atoms with van der Waals surface area (Å²) in [4.78, 5) is 14.9. The molecule has 16 heavy (non-hydrogen) atoms. The van der Waals surface area contributed by atoms with Crippen LogP contribution in [-0.4, -0.2) is 34.2 Å². The molecule has 2 unspecified atom stereocenters. The van der Waals surface area contributed by atoms with Gasteiger partial charge >= 0.3 is 5.97 Å². The molecule has 2 rings (SSSR count). The van der Waals surface area contributed by atoms with E-state index < -0.39 is 12.0 Å². The number of carbonyl (C=O) groups is 1. The lowest BCUT2D eigenvalue weighted by Gasteiger charge is -2.19. The van der Waals surface area contributed by atoms with Crippen molar-refractivity contribution >= 4 is 29.1 Å². The second-order valence-electron chi connectivity index (χ2n) is 3.36. The van der Waals surface area contributed by atoms with Crippen LogP contribution < -0.4 is 5.73 Å². The maximum atomic E-state index is 10.7. The summed E-state index contributed by atoms with van der Waals surface area (Å²) in [5, 5.41) is 11.3. The first-order valence-electron chi connectivity index (χ1n) is 4.81. The average molecular weight is 260 g/mol. The van der Waals surface area contributed by atoms with Gasteiger partial charge in [-0.05, 0) is 0 Å². The molecule has 2 atom stereocenters. The number of ether oxygens (including phenoxy) is 1. The Balaban J connectivity index is 2.09. The second-order valence-corrected chi connectivity index (χ2v) is 5.40. The molecule has 1 aliphatic heterocycles. The molecule has 0 aliphatic carbocycles. The van der Waals surface area contributed by atoms with Crippen molar-refractivity contribution in [2.24, 2.45) is 5.73 Å². The standard InChI is InChI=1S/C9H12N2O3S2/c10-7(9(12)13)5-3-16-8(11-5)6-4-15-2-1-14-6/h3,6-7H,1-2,4,10H2,(H,12,13). The van der Waals surface area contributed by atoms with Crippen LogP contribution in [-0.2, 0) is 9.53 Å². The Kier molecular flexibility index (Phi) is 3.80. The van der Waals surface area contributed by atoms with E-state index in [1.807, 2.05) is 11.8 Å². The predicted molar refractivity (Wildman–Crippen MR) is 62.7 cm³/mol. The number of thiazole rings is 1. The third-order valence-corrected chi connectivity index (χ3v) is 4.16. The average Bonchev–Trinajstić information content (AvgIpc) is 2.78. The number of rotatable bonds is 3. The molecule has 1 aliphatic rings. The summed E-state index contributed by atoms with van der Waals surface area (Å²) in [6.07, 6.45) is -0.0153. The van der Waals surface area contributed by atoms with Gasteiger partial charge in [0.25, 0.3) is 0 Å². The molecule has 5 nitrogen and oxygen atoms in total. The molecule has 0 radical (unpaired) electrons. The molecular formula is C9H12N2O3S2. The first kappa shape index (κ1) is 11.8. The summed E-state index contributed by atoms with van der Waals surface area (Å²) in [6.45, 7) is 0.717. The fraction of sp³-hybridized carbons (Fsp3) is 0.556. The predicted octanol–water partition coefficient (Wildman–Crippen LogP) is 1.03. The van der Waals surface area contributed by atoms with E-state index in [2.05, 4.69) is 4.98 Å². The number of nitrogens with two attached hydrogens (primary N) is 1. The minimum absolute atomic E-state index is 0.0153. The second kappa shape index (κ2) is 5.13. The van der Waals surface area contributed by atoms with Crippen LogP contribution in [0.3, 0.4) is 0 Å². The van der Waals surface area contributed by atoms with Gasteiger partial charge in [0.05, 0.1) is 12.3 Å². The van der Waals surface area contributed by atoms with Gasteiger partial charge in [0.1, 0.15) is 17.2 Å². The van der Waals surface area contributed by atoms with Gasteiger partial charge in [0.2, 0.25) is 0 Å². The van der Waals surface area contributed by atoms with Crippen LogP contribution in [0.2, 0.25) is 0 Å². The van der Waals surface area contributed by atoms with Gasteiger partial charge in [-0.25, -0.2) is 4.98 Å². The number of thioether (sulfide) groups is 1. The molecule has 88 valence electrons. The summed E-state index contributed by atoms with van der Waals surface area (Å²) < 4.78 is 5.56. The van der Waals surface area contributed by atoms with Crippen LogP contribution in [0, 0.1) is 0 Å². The first-order valence-corrected chi connectivity index (χ1v) is 6.85. The van der Waals surface area contributed by atoms with E-state index in [4.69, 9.17) is 15.6 Å². The van der Waals surface area contributed by atoms with Crippen molar-refractivity contribution in [3.8, 4) is 0 Å². The zero-order chi connectivity index (χ0) is 11.5. The highest BCUT2D eigenvalue weighted by molar-refractivity contribution is 7.99. The lowest BCUT2D eigenvalue weighted by molar-refractivity contribution is -0.138. The molecule has 0 spiro atoms. The molecule has 1 aromatic heterocycles. The molecule has 1 fully saturated rings. The van der Waals surface area contributed by atoms with Gasteiger partial charge < -0.3 is 15.6 Å². The number of carboxylic acids is 1. The van der Waals surface area contributed by atoms with Gasteiger partial charge in [0.15, 0.2) is 0 Å². The highest BCUT2D eigenvalue weighted by atomic mass is 32.2. The minimum Gasteiger partial charge on any atom is -0.480 e. The Hall–Kier alpha value is -0.630. The summed E-state index contributed by atoms with van der Waals surface area (Å²) in [7, 11) is 0. The van der Waals surface area contributed by atoms with Crippen molar-refractivity contribution in [1.29, 1.82) is 0 Å². The van der Waals surface area contributed by atoms with Crippen molar-refractivity contribution < 1.29 is 14.6 Å². The van der Waals surface area contributed by atoms with E-state index in [9.17, 15) is 4.79 Å². The van der Waals surface area contributed by atoms with E-state index >= 15 is 0 Å². The van der Waals surface area contributed by atoms with E-state index in [0.717, 1.165) is 23.1 Å². The number of aromatic nitrogens is 1. The number of hydrogen-bond acceptors (Lipinski definition) is 6. The monoisotopic (exact) mass is 260 g/mol. The molecular weight excluding hydrogens is 248 g/mol. The molecule has 2 heterocycles. The van der Waals surface area contributed by atoms with Crippen molar-refractivity contribution in [3.05, 3.63) is 16.1 Å². The van der Waals surface area contributed by atoms with Crippen LogP contribution in [0.1, 0.15) is 22.8 Å². The quantitative estimate of drug-likeness (QED) is 0.844. The highest BCUT2D eigenvalue weighted by Crippen LogP contribution is 2.29. The third-order valence-electron chi connectivity index (χ3n) is 2.22. The van der Waals surface area contributed by atoms with Crippen LogP contribution in [0.5, 0.6) is 0 Å². The Labute approximate surface area is 101 Å². The van der Waals surface area contributed by atoms with Crippen LogP contribution >= 0.6 is 23.1 Å². The maximum absolute atomic E-state index is 10.7. The summed E-state index contributed by atoms with van der Waals surface area (Å²) in [5.74, 6) is 0.814. The van der Waals surface area contributed by atoms with Gasteiger partial charge in [-0.1, -0.05) is 0 Å². The van der Waals surface area contributed by atoms with Gasteiger partial charge in [-0.15, -0.1) is 11.3 Å². The number of carboxylic acid groups (broad SMARTS) is 1. The highest BCUT2D eigenvalue weighted by Gasteiger charge is 2.23. The molecule has 0 saturated carbocycles. The molecule has 1 aromatic rings. The Morgan fingerprint density at radius 2 is 2.56 bits per heavy atom. The Morgan fingerprint density at radius 3 is 3.19 bits per heavy atom. The Bertz CT molecular complexity index is 377. The van der Waals surface area contributed by atoms with Gasteiger partial charge in [0, 0.05) is 16.9 Å². The van der Waals surface area contributed by atoms with E-state index in [1.54, 1.807) is 5.38 Å². The van der Waals surface area contributed by atoms with E-state index in [0.29, 0.717) is 5.69 Å². The topological polar surface area (TPSA) is 85.4 Å². The normalized spacial score (nSPS) is 22.9. The summed E-state index contributed by atoms with van der Waals surface area (Å²) >= 11 is 3.22. The molecule has 0 amide bonds. The van der Waals surface area contributed by atoms with Crippen LogP contribution in [0.4, 0.5) is 0 Å². The smallest absolute Gasteiger partial charge is 0.326 e. The maximum Gasteiger partial charge on any atom is 0.326 e. The number of aliphatic carboxylic acids is 1. The van der Waals surface area contributed by atoms with Gasteiger partial charge in [-0.3, -0.25) is 4.79 Å². The van der Waals surface area contributed by atoms with Crippen molar-refractivity contribution in [2.75, 3.05) is 18.1 Å². The van der Waals surface area contributed by atoms with Crippen molar-refractivity contribution in [2.45, 2.75) is 12.1 Å². The lowest BCUT2D eigenvalue weighted by Crippen LogP contribution is -2.21. The molecule has 7 heteroatoms. The lowest BCUT2D eigenvalue weighted by atomic mass is 10.2. The Morgan fingerprint density at radius 1 is 1.75 bits per heavy atom. The molecule has 3 N–H and O–H groups in total. The van der Waals surface area contributed by atoms with Crippen molar-refractivity contribution in [1.82, 2.24) is 4.98 Å². The molecule has 1 saturated heterocycles. The fourth-order valence-electron chi connectivity index (χ4n) is 1.35. The zero-order valence-electron chi connectivity index (χ0n) is 8.46. The summed E-state index contributed by atoms with van der Waals surface area (Å²) in [6, 6.07) is -1.04. The van der Waals surface area contributed by atoms with E-state index in [-0.39, 0.29) is 6.10 Å². The number of nitrogens with zero attached hydrogens (tertiary/aromatic N) is 1. The van der Waals surface area contributed by atoms with Gasteiger partial charge in [-0.2, -0.15) is 11.8 Å². The van der Waals surface area contributed by atoms with Crippen LogP contribution in [0.25, 0.3) is 0 Å². The SMILES string of the molecule is NC(C(=O)O)c1csc(C2CSCCO2)n1. The zero-order valence-corrected chi connectivity index (χ0v) is 10.1.